The third-order valence-corrected chi connectivity index (χ3v) is 4.29. The van der Waals surface area contributed by atoms with E-state index in [0.717, 1.165) is 17.7 Å². The molecule has 3 rings (SSSR count). The Bertz CT molecular complexity index is 652. The number of nitrogens with zero attached hydrogens (tertiary/aromatic N) is 1. The zero-order valence-corrected chi connectivity index (χ0v) is 13.0. The smallest absolute Gasteiger partial charge is 0.224 e. The molecule has 0 unspecified atom stereocenters. The van der Waals surface area contributed by atoms with Gasteiger partial charge in [0.25, 0.3) is 0 Å². The first-order chi connectivity index (χ1) is 10.7. The fourth-order valence-corrected chi connectivity index (χ4v) is 3.08. The highest BCUT2D eigenvalue weighted by Crippen LogP contribution is 2.22. The molecule has 1 aliphatic rings. The van der Waals surface area contributed by atoms with Gasteiger partial charge in [0.2, 0.25) is 5.91 Å². The van der Waals surface area contributed by atoms with E-state index in [1.165, 1.54) is 30.4 Å². The Hall–Kier alpha value is -2.16. The number of rotatable bonds is 4. The molecule has 114 valence electrons. The molecule has 1 aromatic carbocycles. The lowest BCUT2D eigenvalue weighted by Crippen LogP contribution is -2.28. The highest BCUT2D eigenvalue weighted by molar-refractivity contribution is 5.79. The number of pyridine rings is 1. The third kappa shape index (κ3) is 3.53. The summed E-state index contributed by atoms with van der Waals surface area (Å²) in [6.07, 6.45) is 7.06. The molecule has 1 aliphatic carbocycles. The van der Waals surface area contributed by atoms with Crippen molar-refractivity contribution in [2.75, 3.05) is 0 Å². The van der Waals surface area contributed by atoms with Gasteiger partial charge < -0.3 is 5.32 Å². The molecule has 0 radical (unpaired) electrons. The molecular weight excluding hydrogens is 272 g/mol. The predicted molar refractivity (Wildman–Crippen MR) is 87.6 cm³/mol. The van der Waals surface area contributed by atoms with Crippen molar-refractivity contribution in [3.63, 3.8) is 0 Å². The lowest BCUT2D eigenvalue weighted by molar-refractivity contribution is -0.121. The minimum absolute atomic E-state index is 0.0499. The fourth-order valence-electron chi connectivity index (χ4n) is 3.08. The van der Waals surface area contributed by atoms with Crippen molar-refractivity contribution in [3.05, 3.63) is 65.0 Å². The largest absolute Gasteiger partial charge is 0.348 e. The van der Waals surface area contributed by atoms with Crippen molar-refractivity contribution >= 4 is 5.91 Å². The summed E-state index contributed by atoms with van der Waals surface area (Å²) in [5.74, 6) is 0.0499. The van der Waals surface area contributed by atoms with Crippen LogP contribution in [0.15, 0.2) is 42.6 Å². The van der Waals surface area contributed by atoms with Crippen LogP contribution in [-0.4, -0.2) is 10.9 Å². The van der Waals surface area contributed by atoms with Crippen LogP contribution < -0.4 is 5.32 Å². The van der Waals surface area contributed by atoms with Gasteiger partial charge in [0.1, 0.15) is 0 Å². The topological polar surface area (TPSA) is 42.0 Å². The Morgan fingerprint density at radius 1 is 1.18 bits per heavy atom. The second-order valence-electron chi connectivity index (χ2n) is 6.03. The molecule has 3 heteroatoms. The van der Waals surface area contributed by atoms with Crippen LogP contribution in [0.4, 0.5) is 0 Å². The Morgan fingerprint density at radius 3 is 2.77 bits per heavy atom. The molecule has 1 amide bonds. The van der Waals surface area contributed by atoms with E-state index in [-0.39, 0.29) is 11.9 Å². The van der Waals surface area contributed by atoms with Crippen molar-refractivity contribution in [1.82, 2.24) is 10.3 Å². The van der Waals surface area contributed by atoms with Crippen molar-refractivity contribution in [2.24, 2.45) is 0 Å². The molecule has 2 aromatic rings. The highest BCUT2D eigenvalue weighted by Gasteiger charge is 2.13. The number of amides is 1. The molecule has 0 saturated carbocycles. The van der Waals surface area contributed by atoms with Crippen LogP contribution in [0, 0.1) is 0 Å². The number of benzene rings is 1. The maximum Gasteiger partial charge on any atom is 0.224 e. The van der Waals surface area contributed by atoms with Gasteiger partial charge in [0.05, 0.1) is 18.2 Å². The highest BCUT2D eigenvalue weighted by atomic mass is 16.1. The summed E-state index contributed by atoms with van der Waals surface area (Å²) in [7, 11) is 0. The van der Waals surface area contributed by atoms with Crippen molar-refractivity contribution in [2.45, 2.75) is 45.1 Å². The van der Waals surface area contributed by atoms with Crippen molar-refractivity contribution in [1.29, 1.82) is 0 Å². The Morgan fingerprint density at radius 2 is 2.00 bits per heavy atom. The van der Waals surface area contributed by atoms with Crippen LogP contribution in [0.5, 0.6) is 0 Å². The van der Waals surface area contributed by atoms with Crippen LogP contribution in [-0.2, 0) is 24.1 Å². The van der Waals surface area contributed by atoms with Gasteiger partial charge in [-0.1, -0.05) is 24.3 Å². The summed E-state index contributed by atoms with van der Waals surface area (Å²) in [4.78, 5) is 16.5. The number of aryl methyl sites for hydroxylation is 2. The lowest BCUT2D eigenvalue weighted by atomic mass is 9.90. The molecule has 1 N–H and O–H groups in total. The lowest BCUT2D eigenvalue weighted by Gasteiger charge is -2.17. The van der Waals surface area contributed by atoms with E-state index in [1.807, 2.05) is 25.1 Å². The summed E-state index contributed by atoms with van der Waals surface area (Å²) < 4.78 is 0. The zero-order valence-electron chi connectivity index (χ0n) is 13.0. The van der Waals surface area contributed by atoms with Crippen LogP contribution in [0.3, 0.4) is 0 Å². The van der Waals surface area contributed by atoms with Gasteiger partial charge in [-0.2, -0.15) is 0 Å². The second-order valence-corrected chi connectivity index (χ2v) is 6.03. The van der Waals surface area contributed by atoms with Gasteiger partial charge in [-0.15, -0.1) is 0 Å². The number of aromatic nitrogens is 1. The quantitative estimate of drug-likeness (QED) is 0.939. The molecule has 3 nitrogen and oxygen atoms in total. The third-order valence-electron chi connectivity index (χ3n) is 4.29. The first kappa shape index (κ1) is 14.8. The zero-order chi connectivity index (χ0) is 15.4. The Labute approximate surface area is 131 Å². The van der Waals surface area contributed by atoms with Crippen LogP contribution in [0.1, 0.15) is 48.2 Å². The number of fused-ring (bicyclic) bond motifs is 1. The first-order valence-corrected chi connectivity index (χ1v) is 8.03. The number of hydrogen-bond donors (Lipinski definition) is 1. The minimum atomic E-state index is -0.0636. The van der Waals surface area contributed by atoms with E-state index in [1.54, 1.807) is 6.20 Å². The Balaban J connectivity index is 1.62. The maximum absolute atomic E-state index is 12.2. The van der Waals surface area contributed by atoms with E-state index in [0.29, 0.717) is 6.42 Å². The SMILES string of the molecule is C[C@H](NC(=O)Cc1ccc2c(c1)CCCC2)c1ccccn1. The molecule has 0 aliphatic heterocycles. The first-order valence-electron chi connectivity index (χ1n) is 8.03. The van der Waals surface area contributed by atoms with Gasteiger partial charge in [-0.05, 0) is 61.4 Å². The van der Waals surface area contributed by atoms with Crippen LogP contribution in [0.2, 0.25) is 0 Å². The standard InChI is InChI=1S/C19H22N2O/c1-14(18-8-4-5-11-20-18)21-19(22)13-15-9-10-16-6-2-3-7-17(16)12-15/h4-5,8-12,14H,2-3,6-7,13H2,1H3,(H,21,22)/t14-/m0/s1. The fraction of sp³-hybridized carbons (Fsp3) is 0.368. The van der Waals surface area contributed by atoms with E-state index >= 15 is 0 Å². The van der Waals surface area contributed by atoms with Gasteiger partial charge in [0, 0.05) is 6.20 Å². The molecule has 0 bridgehead atoms. The van der Waals surface area contributed by atoms with E-state index in [9.17, 15) is 4.79 Å². The van der Waals surface area contributed by atoms with E-state index in [4.69, 9.17) is 0 Å². The molecular formula is C19H22N2O. The Kier molecular flexibility index (Phi) is 4.52. The maximum atomic E-state index is 12.2. The molecule has 1 heterocycles. The average Bonchev–Trinajstić information content (AvgIpc) is 2.55. The molecule has 0 saturated heterocycles. The summed E-state index contributed by atoms with van der Waals surface area (Å²) in [6, 6.07) is 12.2. The molecule has 1 atom stereocenters. The summed E-state index contributed by atoms with van der Waals surface area (Å²) >= 11 is 0. The van der Waals surface area contributed by atoms with Crippen molar-refractivity contribution in [3.8, 4) is 0 Å². The summed E-state index contributed by atoms with van der Waals surface area (Å²) in [6.45, 7) is 1.97. The van der Waals surface area contributed by atoms with Gasteiger partial charge in [-0.25, -0.2) is 0 Å². The van der Waals surface area contributed by atoms with Gasteiger partial charge in [0.15, 0.2) is 0 Å². The number of hydrogen-bond acceptors (Lipinski definition) is 2. The monoisotopic (exact) mass is 294 g/mol. The average molecular weight is 294 g/mol. The molecule has 1 aromatic heterocycles. The number of nitrogens with one attached hydrogen (secondary N) is 1. The van der Waals surface area contributed by atoms with Crippen LogP contribution in [0.25, 0.3) is 0 Å². The normalized spacial score (nSPS) is 15.0. The van der Waals surface area contributed by atoms with E-state index < -0.39 is 0 Å². The number of carbonyl (C=O) groups excluding carboxylic acids is 1. The molecule has 0 fully saturated rings. The summed E-state index contributed by atoms with van der Waals surface area (Å²) in [5, 5.41) is 3.02. The van der Waals surface area contributed by atoms with Gasteiger partial charge >= 0.3 is 0 Å². The number of carbonyl (C=O) groups is 1. The second kappa shape index (κ2) is 6.73. The summed E-state index contributed by atoms with van der Waals surface area (Å²) in [5.41, 5.74) is 4.87. The minimum Gasteiger partial charge on any atom is -0.348 e. The van der Waals surface area contributed by atoms with Gasteiger partial charge in [-0.3, -0.25) is 9.78 Å². The van der Waals surface area contributed by atoms with Crippen LogP contribution >= 0.6 is 0 Å². The predicted octanol–water partition coefficient (Wildman–Crippen LogP) is 3.38. The molecule has 0 spiro atoms. The molecule has 22 heavy (non-hydrogen) atoms. The van der Waals surface area contributed by atoms with E-state index in [2.05, 4.69) is 28.5 Å². The van der Waals surface area contributed by atoms with Crippen molar-refractivity contribution < 1.29 is 4.79 Å².